The van der Waals surface area contributed by atoms with E-state index in [1.807, 2.05) is 26.0 Å². The Labute approximate surface area is 107 Å². The largest absolute Gasteiger partial charge is 0.253 e. The molecule has 0 fully saturated rings. The van der Waals surface area contributed by atoms with Crippen molar-refractivity contribution in [1.82, 2.24) is 4.31 Å². The van der Waals surface area contributed by atoms with Gasteiger partial charge in [-0.1, -0.05) is 13.8 Å². The molecule has 0 unspecified atom stereocenters. The van der Waals surface area contributed by atoms with Gasteiger partial charge in [0.25, 0.3) is 10.0 Å². The maximum atomic E-state index is 12.2. The van der Waals surface area contributed by atoms with Crippen LogP contribution in [0.15, 0.2) is 16.3 Å². The molecule has 94 valence electrons. The lowest BCUT2D eigenvalue weighted by atomic mass is 10.4. The molecule has 0 aromatic carbocycles. The summed E-state index contributed by atoms with van der Waals surface area (Å²) in [7, 11) is -3.49. The van der Waals surface area contributed by atoms with Crippen LogP contribution in [0.5, 0.6) is 0 Å². The Bertz CT molecular complexity index is 500. The van der Waals surface area contributed by atoms with E-state index in [4.69, 9.17) is 5.26 Å². The van der Waals surface area contributed by atoms with E-state index < -0.39 is 10.0 Å². The smallest absolute Gasteiger partial charge is 0.206 e. The fourth-order valence-electron chi connectivity index (χ4n) is 1.43. The first kappa shape index (κ1) is 14.2. The van der Waals surface area contributed by atoms with Crippen molar-refractivity contribution in [3.8, 4) is 6.07 Å². The van der Waals surface area contributed by atoms with E-state index in [1.54, 1.807) is 6.07 Å². The number of nitrogens with zero attached hydrogens (tertiary/aromatic N) is 2. The lowest BCUT2D eigenvalue weighted by Gasteiger charge is -2.16. The van der Waals surface area contributed by atoms with Gasteiger partial charge < -0.3 is 0 Å². The van der Waals surface area contributed by atoms with E-state index in [-0.39, 0.29) is 6.54 Å². The van der Waals surface area contributed by atoms with E-state index in [0.29, 0.717) is 17.2 Å². The predicted molar refractivity (Wildman–Crippen MR) is 68.4 cm³/mol. The molecule has 0 spiro atoms. The topological polar surface area (TPSA) is 61.2 Å². The number of nitriles is 1. The van der Waals surface area contributed by atoms with Gasteiger partial charge in [-0.15, -0.1) is 11.3 Å². The Morgan fingerprint density at radius 1 is 1.41 bits per heavy atom. The van der Waals surface area contributed by atoms with Crippen LogP contribution in [-0.2, 0) is 16.4 Å². The molecule has 1 heterocycles. The van der Waals surface area contributed by atoms with E-state index in [0.717, 1.165) is 11.3 Å². The zero-order chi connectivity index (χ0) is 12.9. The highest BCUT2D eigenvalue weighted by Crippen LogP contribution is 2.25. The lowest BCUT2D eigenvalue weighted by molar-refractivity contribution is 0.446. The molecular formula is C11H16N2O2S2. The predicted octanol–water partition coefficient (Wildman–Crippen LogP) is 2.23. The summed E-state index contributed by atoms with van der Waals surface area (Å²) in [6.45, 7) is 4.18. The number of sulfonamides is 1. The monoisotopic (exact) mass is 272 g/mol. The highest BCUT2D eigenvalue weighted by Gasteiger charge is 2.24. The van der Waals surface area contributed by atoms with E-state index >= 15 is 0 Å². The van der Waals surface area contributed by atoms with Crippen LogP contribution in [0.4, 0.5) is 0 Å². The first-order valence-electron chi connectivity index (χ1n) is 5.52. The number of hydrogen-bond acceptors (Lipinski definition) is 4. The molecule has 0 saturated heterocycles. The van der Waals surface area contributed by atoms with Crippen LogP contribution in [0.2, 0.25) is 0 Å². The van der Waals surface area contributed by atoms with Gasteiger partial charge in [0.1, 0.15) is 10.8 Å². The fourth-order valence-corrected chi connectivity index (χ4v) is 4.31. The van der Waals surface area contributed by atoms with Crippen LogP contribution in [0.3, 0.4) is 0 Å². The Hall–Kier alpha value is -0.900. The van der Waals surface area contributed by atoms with Crippen molar-refractivity contribution in [2.24, 2.45) is 0 Å². The average Bonchev–Trinajstić information content (AvgIpc) is 2.78. The number of aryl methyl sites for hydroxylation is 1. The molecule has 17 heavy (non-hydrogen) atoms. The molecule has 1 aromatic rings. The van der Waals surface area contributed by atoms with Crippen LogP contribution in [0.1, 0.15) is 25.1 Å². The first-order valence-corrected chi connectivity index (χ1v) is 7.77. The minimum atomic E-state index is -3.49. The van der Waals surface area contributed by atoms with Crippen LogP contribution < -0.4 is 0 Å². The van der Waals surface area contributed by atoms with Crippen molar-refractivity contribution < 1.29 is 8.42 Å². The number of thiophene rings is 1. The van der Waals surface area contributed by atoms with Crippen molar-refractivity contribution in [2.75, 3.05) is 13.1 Å². The third kappa shape index (κ3) is 3.28. The van der Waals surface area contributed by atoms with Crippen molar-refractivity contribution in [3.63, 3.8) is 0 Å². The molecule has 0 bridgehead atoms. The summed E-state index contributed by atoms with van der Waals surface area (Å²) >= 11 is 1.28. The molecular weight excluding hydrogens is 256 g/mol. The lowest BCUT2D eigenvalue weighted by Crippen LogP contribution is -2.31. The van der Waals surface area contributed by atoms with E-state index in [9.17, 15) is 8.42 Å². The maximum Gasteiger partial charge on any atom is 0.253 e. The second-order valence-corrected chi connectivity index (χ2v) is 6.90. The summed E-state index contributed by atoms with van der Waals surface area (Å²) in [6, 6.07) is 5.35. The molecule has 0 aliphatic carbocycles. The third-order valence-electron chi connectivity index (χ3n) is 2.30. The standard InChI is InChI=1S/C11H16N2O2S2/c1-3-8-13(9-7-12)17(14,15)11-6-5-10(4-2)16-11/h5-6H,3-4,8-9H2,1-2H3. The SMILES string of the molecule is CCCN(CC#N)S(=O)(=O)c1ccc(CC)s1. The molecule has 0 aliphatic rings. The summed E-state index contributed by atoms with van der Waals surface area (Å²) in [6.07, 6.45) is 1.53. The summed E-state index contributed by atoms with van der Waals surface area (Å²) in [4.78, 5) is 1.04. The van der Waals surface area contributed by atoms with E-state index in [2.05, 4.69) is 0 Å². The van der Waals surface area contributed by atoms with Gasteiger partial charge in [0.05, 0.1) is 6.07 Å². The molecule has 6 heteroatoms. The van der Waals surface area contributed by atoms with Crippen LogP contribution in [-0.4, -0.2) is 25.8 Å². The van der Waals surface area contributed by atoms with Gasteiger partial charge in [0, 0.05) is 11.4 Å². The van der Waals surface area contributed by atoms with Crippen molar-refractivity contribution >= 4 is 21.4 Å². The first-order chi connectivity index (χ1) is 8.06. The molecule has 0 radical (unpaired) electrons. The second-order valence-electron chi connectivity index (χ2n) is 3.57. The molecule has 1 rings (SSSR count). The number of rotatable bonds is 6. The van der Waals surface area contributed by atoms with Gasteiger partial charge in [-0.25, -0.2) is 8.42 Å². The Balaban J connectivity index is 3.03. The van der Waals surface area contributed by atoms with Gasteiger partial charge in [0.15, 0.2) is 0 Å². The van der Waals surface area contributed by atoms with Crippen LogP contribution in [0.25, 0.3) is 0 Å². The quantitative estimate of drug-likeness (QED) is 0.746. The normalized spacial score (nSPS) is 11.6. The molecule has 0 saturated carbocycles. The average molecular weight is 272 g/mol. The highest BCUT2D eigenvalue weighted by atomic mass is 32.2. The summed E-state index contributed by atoms with van der Waals surface area (Å²) in [5, 5.41) is 8.67. The van der Waals surface area contributed by atoms with Gasteiger partial charge in [-0.3, -0.25) is 0 Å². The van der Waals surface area contributed by atoms with Crippen molar-refractivity contribution in [2.45, 2.75) is 30.9 Å². The van der Waals surface area contributed by atoms with Crippen molar-refractivity contribution in [3.05, 3.63) is 17.0 Å². The van der Waals surface area contributed by atoms with Crippen molar-refractivity contribution in [1.29, 1.82) is 5.26 Å². The highest BCUT2D eigenvalue weighted by molar-refractivity contribution is 7.91. The van der Waals surface area contributed by atoms with Crippen LogP contribution in [0, 0.1) is 11.3 Å². The maximum absolute atomic E-state index is 12.2. The molecule has 0 amide bonds. The zero-order valence-corrected chi connectivity index (χ0v) is 11.6. The minimum absolute atomic E-state index is 0.0878. The molecule has 0 N–H and O–H groups in total. The molecule has 0 aliphatic heterocycles. The molecule has 4 nitrogen and oxygen atoms in total. The number of hydrogen-bond donors (Lipinski definition) is 0. The Kier molecular flexibility index (Phi) is 5.12. The van der Waals surface area contributed by atoms with Gasteiger partial charge in [-0.2, -0.15) is 9.57 Å². The van der Waals surface area contributed by atoms with E-state index in [1.165, 1.54) is 15.6 Å². The molecule has 1 aromatic heterocycles. The summed E-state index contributed by atoms with van der Waals surface area (Å²) in [5.41, 5.74) is 0. The zero-order valence-electron chi connectivity index (χ0n) is 10.0. The third-order valence-corrected chi connectivity index (χ3v) is 5.84. The second kappa shape index (κ2) is 6.15. The fraction of sp³-hybridized carbons (Fsp3) is 0.545. The Morgan fingerprint density at radius 3 is 2.59 bits per heavy atom. The molecule has 0 atom stereocenters. The van der Waals surface area contributed by atoms with Gasteiger partial charge in [0.2, 0.25) is 0 Å². The van der Waals surface area contributed by atoms with Crippen LogP contribution >= 0.6 is 11.3 Å². The summed E-state index contributed by atoms with van der Waals surface area (Å²) < 4.78 is 26.0. The summed E-state index contributed by atoms with van der Waals surface area (Å²) in [5.74, 6) is 0. The van der Waals surface area contributed by atoms with Gasteiger partial charge in [-0.05, 0) is 25.0 Å². The van der Waals surface area contributed by atoms with Gasteiger partial charge >= 0.3 is 0 Å². The Morgan fingerprint density at radius 2 is 2.12 bits per heavy atom. The minimum Gasteiger partial charge on any atom is -0.206 e.